The fourth-order valence-corrected chi connectivity index (χ4v) is 3.33. The van der Waals surface area contributed by atoms with Crippen LogP contribution in [0.3, 0.4) is 0 Å². The van der Waals surface area contributed by atoms with Gasteiger partial charge in [0, 0.05) is 26.6 Å². The minimum absolute atomic E-state index is 0.0283. The first-order valence-corrected chi connectivity index (χ1v) is 8.22. The Labute approximate surface area is 127 Å². The van der Waals surface area contributed by atoms with Crippen molar-refractivity contribution in [2.45, 2.75) is 69.9 Å². The Balaban J connectivity index is 1.90. The van der Waals surface area contributed by atoms with Gasteiger partial charge in [-0.1, -0.05) is 13.3 Å². The van der Waals surface area contributed by atoms with Crippen LogP contribution in [-0.4, -0.2) is 50.2 Å². The molecular formula is C16H30O5. The van der Waals surface area contributed by atoms with E-state index in [0.717, 1.165) is 25.7 Å². The summed E-state index contributed by atoms with van der Waals surface area (Å²) in [6, 6.07) is 0. The van der Waals surface area contributed by atoms with Gasteiger partial charge in [0.15, 0.2) is 5.79 Å². The topological polar surface area (TPSA) is 57.2 Å². The van der Waals surface area contributed by atoms with Crippen LogP contribution in [-0.2, 0) is 18.9 Å². The standard InChI is InChI=1S/C16H30O5/c1-13(6-9-17)10-14(19-12-18-2)15-11-20-16(21-15)7-4-3-5-8-16/h13-15,17H,3-12H2,1-2H3/t13-,14+,15+/m0/s1. The SMILES string of the molecule is COCO[C@H](C[C@@H](C)CCO)[C@H]1COC2(CCCCC2)O1. The van der Waals surface area contributed by atoms with Crippen molar-refractivity contribution in [2.75, 3.05) is 27.1 Å². The van der Waals surface area contributed by atoms with Crippen molar-refractivity contribution in [1.29, 1.82) is 0 Å². The van der Waals surface area contributed by atoms with E-state index in [-0.39, 0.29) is 31.4 Å². The van der Waals surface area contributed by atoms with E-state index < -0.39 is 0 Å². The number of ether oxygens (including phenoxy) is 4. The molecule has 0 amide bonds. The van der Waals surface area contributed by atoms with Crippen LogP contribution in [0.2, 0.25) is 0 Å². The number of aliphatic hydroxyl groups excluding tert-OH is 1. The Morgan fingerprint density at radius 3 is 2.71 bits per heavy atom. The fourth-order valence-electron chi connectivity index (χ4n) is 3.33. The average Bonchev–Trinajstić information content (AvgIpc) is 2.88. The van der Waals surface area contributed by atoms with Gasteiger partial charge in [-0.3, -0.25) is 0 Å². The second kappa shape index (κ2) is 8.44. The molecule has 0 unspecified atom stereocenters. The normalized spacial score (nSPS) is 27.9. The molecule has 1 aliphatic carbocycles. The largest absolute Gasteiger partial charge is 0.396 e. The Morgan fingerprint density at radius 2 is 2.05 bits per heavy atom. The van der Waals surface area contributed by atoms with Gasteiger partial charge in [0.05, 0.1) is 12.7 Å². The number of hydrogen-bond donors (Lipinski definition) is 1. The lowest BCUT2D eigenvalue weighted by Gasteiger charge is -2.33. The Hall–Kier alpha value is -0.200. The zero-order valence-electron chi connectivity index (χ0n) is 13.4. The molecule has 0 aromatic rings. The first kappa shape index (κ1) is 17.2. The lowest BCUT2D eigenvalue weighted by Crippen LogP contribution is -2.38. The molecule has 0 aromatic heterocycles. The molecule has 0 bridgehead atoms. The van der Waals surface area contributed by atoms with Crippen molar-refractivity contribution in [3.8, 4) is 0 Å². The highest BCUT2D eigenvalue weighted by atomic mass is 16.8. The third-order valence-corrected chi connectivity index (χ3v) is 4.56. The number of methoxy groups -OCH3 is 1. The van der Waals surface area contributed by atoms with E-state index in [1.54, 1.807) is 7.11 Å². The maximum atomic E-state index is 9.07. The number of aliphatic hydroxyl groups is 1. The fraction of sp³-hybridized carbons (Fsp3) is 1.00. The molecule has 2 fully saturated rings. The summed E-state index contributed by atoms with van der Waals surface area (Å²) in [4.78, 5) is 0. The lowest BCUT2D eigenvalue weighted by atomic mass is 9.94. The van der Waals surface area contributed by atoms with Crippen LogP contribution in [0.5, 0.6) is 0 Å². The maximum absolute atomic E-state index is 9.07. The van der Waals surface area contributed by atoms with Gasteiger partial charge in [0.2, 0.25) is 0 Å². The van der Waals surface area contributed by atoms with Crippen LogP contribution in [0.1, 0.15) is 51.9 Å². The highest BCUT2D eigenvalue weighted by Gasteiger charge is 2.45. The third-order valence-electron chi connectivity index (χ3n) is 4.56. The van der Waals surface area contributed by atoms with Gasteiger partial charge >= 0.3 is 0 Å². The van der Waals surface area contributed by atoms with Crippen LogP contribution in [0.15, 0.2) is 0 Å². The van der Waals surface area contributed by atoms with Gasteiger partial charge in [-0.2, -0.15) is 0 Å². The highest BCUT2D eigenvalue weighted by molar-refractivity contribution is 4.86. The summed E-state index contributed by atoms with van der Waals surface area (Å²) < 4.78 is 23.1. The lowest BCUT2D eigenvalue weighted by molar-refractivity contribution is -0.205. The quantitative estimate of drug-likeness (QED) is 0.698. The van der Waals surface area contributed by atoms with Gasteiger partial charge in [-0.25, -0.2) is 0 Å². The molecule has 1 N–H and O–H groups in total. The number of hydrogen-bond acceptors (Lipinski definition) is 5. The van der Waals surface area contributed by atoms with E-state index in [0.29, 0.717) is 12.5 Å². The third kappa shape index (κ3) is 4.89. The molecule has 1 spiro atoms. The van der Waals surface area contributed by atoms with Crippen LogP contribution in [0.25, 0.3) is 0 Å². The monoisotopic (exact) mass is 302 g/mol. The molecule has 0 radical (unpaired) electrons. The predicted molar refractivity (Wildman–Crippen MR) is 78.9 cm³/mol. The molecular weight excluding hydrogens is 272 g/mol. The Morgan fingerprint density at radius 1 is 1.29 bits per heavy atom. The molecule has 1 saturated heterocycles. The molecule has 21 heavy (non-hydrogen) atoms. The van der Waals surface area contributed by atoms with Gasteiger partial charge in [0.25, 0.3) is 0 Å². The summed E-state index contributed by atoms with van der Waals surface area (Å²) in [6.07, 6.45) is 7.19. The molecule has 1 heterocycles. The van der Waals surface area contributed by atoms with Crippen molar-refractivity contribution >= 4 is 0 Å². The minimum Gasteiger partial charge on any atom is -0.396 e. The summed E-state index contributed by atoms with van der Waals surface area (Å²) in [5.41, 5.74) is 0. The second-order valence-corrected chi connectivity index (χ2v) is 6.40. The van der Waals surface area contributed by atoms with E-state index in [1.165, 1.54) is 19.3 Å². The van der Waals surface area contributed by atoms with Gasteiger partial charge in [-0.05, 0) is 31.6 Å². The average molecular weight is 302 g/mol. The first-order chi connectivity index (χ1) is 10.2. The van der Waals surface area contributed by atoms with Crippen molar-refractivity contribution in [2.24, 2.45) is 5.92 Å². The molecule has 5 heteroatoms. The van der Waals surface area contributed by atoms with E-state index in [4.69, 9.17) is 24.1 Å². The molecule has 2 aliphatic rings. The molecule has 0 aromatic carbocycles. The zero-order valence-corrected chi connectivity index (χ0v) is 13.4. The molecule has 3 atom stereocenters. The van der Waals surface area contributed by atoms with Crippen LogP contribution >= 0.6 is 0 Å². The Kier molecular flexibility index (Phi) is 6.89. The van der Waals surface area contributed by atoms with Crippen LogP contribution in [0.4, 0.5) is 0 Å². The van der Waals surface area contributed by atoms with Crippen molar-refractivity contribution in [1.82, 2.24) is 0 Å². The Bertz CT molecular complexity index is 290. The minimum atomic E-state index is -0.363. The molecule has 1 saturated carbocycles. The van der Waals surface area contributed by atoms with E-state index in [2.05, 4.69) is 6.92 Å². The van der Waals surface area contributed by atoms with E-state index in [1.807, 2.05) is 0 Å². The summed E-state index contributed by atoms with van der Waals surface area (Å²) in [5.74, 6) is 0.0287. The molecule has 5 nitrogen and oxygen atoms in total. The smallest absolute Gasteiger partial charge is 0.169 e. The van der Waals surface area contributed by atoms with Crippen LogP contribution in [0, 0.1) is 5.92 Å². The van der Waals surface area contributed by atoms with Crippen LogP contribution < -0.4 is 0 Å². The maximum Gasteiger partial charge on any atom is 0.169 e. The second-order valence-electron chi connectivity index (χ2n) is 6.40. The van der Waals surface area contributed by atoms with Gasteiger partial charge < -0.3 is 24.1 Å². The summed E-state index contributed by atoms with van der Waals surface area (Å²) in [6.45, 7) is 3.21. The van der Waals surface area contributed by atoms with E-state index >= 15 is 0 Å². The van der Waals surface area contributed by atoms with Crippen molar-refractivity contribution in [3.63, 3.8) is 0 Å². The predicted octanol–water partition coefficient (Wildman–Crippen LogP) is 2.46. The van der Waals surface area contributed by atoms with Gasteiger partial charge in [-0.15, -0.1) is 0 Å². The molecule has 124 valence electrons. The summed E-state index contributed by atoms with van der Waals surface area (Å²) in [7, 11) is 1.63. The van der Waals surface area contributed by atoms with E-state index in [9.17, 15) is 0 Å². The molecule has 2 rings (SSSR count). The first-order valence-electron chi connectivity index (χ1n) is 8.22. The number of rotatable bonds is 8. The zero-order chi connectivity index (χ0) is 15.1. The van der Waals surface area contributed by atoms with Crippen molar-refractivity contribution in [3.05, 3.63) is 0 Å². The van der Waals surface area contributed by atoms with Gasteiger partial charge in [0.1, 0.15) is 12.9 Å². The summed E-state index contributed by atoms with van der Waals surface area (Å²) >= 11 is 0. The van der Waals surface area contributed by atoms with Crippen molar-refractivity contribution < 1.29 is 24.1 Å². The molecule has 1 aliphatic heterocycles. The highest BCUT2D eigenvalue weighted by Crippen LogP contribution is 2.39. The summed E-state index contributed by atoms with van der Waals surface area (Å²) in [5, 5.41) is 9.07.